The highest BCUT2D eigenvalue weighted by molar-refractivity contribution is 7.92. The lowest BCUT2D eigenvalue weighted by Crippen LogP contribution is -2.32. The number of nitrogens with two attached hydrogens (primary N) is 1. The lowest BCUT2D eigenvalue weighted by atomic mass is 9.89. The summed E-state index contributed by atoms with van der Waals surface area (Å²) in [6, 6.07) is 11.6. The third kappa shape index (κ3) is 5.50. The number of Topliss-reactive ketones (excluding diaryl/α,β-unsaturated/α-hetero) is 1. The Morgan fingerprint density at radius 1 is 1.19 bits per heavy atom. The van der Waals surface area contributed by atoms with Crippen LogP contribution in [0.2, 0.25) is 0 Å². The molecule has 1 fully saturated rings. The Morgan fingerprint density at radius 2 is 1.90 bits per heavy atom. The quantitative estimate of drug-likeness (QED) is 0.629. The van der Waals surface area contributed by atoms with Crippen molar-refractivity contribution in [1.29, 1.82) is 0 Å². The Hall–Kier alpha value is -2.29. The summed E-state index contributed by atoms with van der Waals surface area (Å²) in [5.74, 6) is -0.714. The van der Waals surface area contributed by atoms with Crippen molar-refractivity contribution < 1.29 is 17.6 Å². The Kier molecular flexibility index (Phi) is 7.46. The second-order valence-corrected chi connectivity index (χ2v) is 10.2. The zero-order valence-corrected chi connectivity index (χ0v) is 18.9. The molecule has 8 heteroatoms. The topological polar surface area (TPSA) is 83.7 Å². The third-order valence-corrected chi connectivity index (χ3v) is 7.66. The molecular weight excluding hydrogens is 417 g/mol. The van der Waals surface area contributed by atoms with E-state index in [0.29, 0.717) is 11.6 Å². The molecule has 2 aromatic carbocycles. The Labute approximate surface area is 183 Å². The molecule has 2 aromatic rings. The predicted molar refractivity (Wildman–Crippen MR) is 121 cm³/mol. The number of anilines is 1. The molecule has 0 saturated carbocycles. The molecule has 6 nitrogen and oxygen atoms in total. The highest BCUT2D eigenvalue weighted by Gasteiger charge is 2.25. The first kappa shape index (κ1) is 23.4. The Morgan fingerprint density at radius 3 is 2.52 bits per heavy atom. The molecule has 0 spiro atoms. The van der Waals surface area contributed by atoms with Crippen molar-refractivity contribution in [3.05, 3.63) is 65.0 Å². The molecule has 1 heterocycles. The van der Waals surface area contributed by atoms with Gasteiger partial charge in [0.2, 0.25) is 10.0 Å². The summed E-state index contributed by atoms with van der Waals surface area (Å²) in [4.78, 5) is 14.0. The average Bonchev–Trinajstić information content (AvgIpc) is 2.78. The number of nitrogens with zero attached hydrogens (tertiary/aromatic N) is 2. The highest BCUT2D eigenvalue weighted by Crippen LogP contribution is 2.31. The summed E-state index contributed by atoms with van der Waals surface area (Å²) >= 11 is 0. The summed E-state index contributed by atoms with van der Waals surface area (Å²) < 4.78 is 41.7. The molecule has 0 aromatic heterocycles. The van der Waals surface area contributed by atoms with Crippen molar-refractivity contribution in [2.75, 3.05) is 36.7 Å². The lowest BCUT2D eigenvalue weighted by molar-refractivity contribution is 0.100. The predicted octanol–water partition coefficient (Wildman–Crippen LogP) is 3.13. The van der Waals surface area contributed by atoms with Gasteiger partial charge in [-0.05, 0) is 69.6 Å². The maximum atomic E-state index is 14.7. The van der Waals surface area contributed by atoms with E-state index >= 15 is 0 Å². The van der Waals surface area contributed by atoms with Gasteiger partial charge in [-0.2, -0.15) is 0 Å². The molecule has 3 rings (SSSR count). The molecular formula is C23H30FN3O3S. The van der Waals surface area contributed by atoms with Crippen LogP contribution in [0.3, 0.4) is 0 Å². The van der Waals surface area contributed by atoms with Crippen LogP contribution in [-0.2, 0) is 16.6 Å². The van der Waals surface area contributed by atoms with Crippen molar-refractivity contribution >= 4 is 21.5 Å². The molecule has 0 aliphatic carbocycles. The van der Waals surface area contributed by atoms with Crippen molar-refractivity contribution in [2.24, 2.45) is 5.73 Å². The van der Waals surface area contributed by atoms with Gasteiger partial charge in [0.25, 0.3) is 0 Å². The minimum Gasteiger partial charge on any atom is -0.324 e. The molecule has 1 saturated heterocycles. The SMILES string of the molecule is CCS(=O)(=O)N(Cc1ccc(C(=O)CN)cc1F)c1cccc(C2CCN(C)CC2)c1. The number of ketones is 1. The van der Waals surface area contributed by atoms with Gasteiger partial charge in [0.05, 0.1) is 24.5 Å². The van der Waals surface area contributed by atoms with Crippen molar-refractivity contribution in [3.63, 3.8) is 0 Å². The average molecular weight is 448 g/mol. The van der Waals surface area contributed by atoms with E-state index in [9.17, 15) is 17.6 Å². The molecule has 0 atom stereocenters. The maximum absolute atomic E-state index is 14.7. The number of likely N-dealkylation sites (tertiary alicyclic amines) is 1. The molecule has 0 unspecified atom stereocenters. The van der Waals surface area contributed by atoms with Crippen LogP contribution in [-0.4, -0.2) is 51.5 Å². The van der Waals surface area contributed by atoms with Gasteiger partial charge in [0, 0.05) is 11.1 Å². The van der Waals surface area contributed by atoms with Gasteiger partial charge in [0.1, 0.15) is 5.82 Å². The van der Waals surface area contributed by atoms with Crippen molar-refractivity contribution in [3.8, 4) is 0 Å². The molecule has 31 heavy (non-hydrogen) atoms. The van der Waals surface area contributed by atoms with Crippen LogP contribution in [0.15, 0.2) is 42.5 Å². The van der Waals surface area contributed by atoms with Crippen LogP contribution in [0, 0.1) is 5.82 Å². The summed E-state index contributed by atoms with van der Waals surface area (Å²) in [7, 11) is -1.54. The van der Waals surface area contributed by atoms with E-state index < -0.39 is 15.8 Å². The minimum atomic E-state index is -3.64. The van der Waals surface area contributed by atoms with E-state index in [0.717, 1.165) is 37.6 Å². The van der Waals surface area contributed by atoms with Gasteiger partial charge < -0.3 is 10.6 Å². The number of benzene rings is 2. The number of carbonyl (C=O) groups is 1. The number of hydrogen-bond acceptors (Lipinski definition) is 5. The van der Waals surface area contributed by atoms with Gasteiger partial charge in [-0.15, -0.1) is 0 Å². The van der Waals surface area contributed by atoms with Crippen molar-refractivity contribution in [1.82, 2.24) is 4.90 Å². The number of hydrogen-bond donors (Lipinski definition) is 1. The second kappa shape index (κ2) is 9.89. The third-order valence-electron chi connectivity index (χ3n) is 5.92. The summed E-state index contributed by atoms with van der Waals surface area (Å²) in [6.07, 6.45) is 2.04. The molecule has 0 bridgehead atoms. The van der Waals surface area contributed by atoms with Crippen LogP contribution in [0.25, 0.3) is 0 Å². The number of carbonyl (C=O) groups excluding carboxylic acids is 1. The fraction of sp³-hybridized carbons (Fsp3) is 0.435. The standard InChI is InChI=1S/C23H30FN3O3S/c1-3-31(29,30)27(16-20-8-7-19(14-22(20)24)23(28)15-25)21-6-4-5-18(13-21)17-9-11-26(2)12-10-17/h4-8,13-14,17H,3,9-12,15-16,25H2,1-2H3. The van der Waals surface area contributed by atoms with E-state index in [1.807, 2.05) is 18.2 Å². The smallest absolute Gasteiger partial charge is 0.235 e. The van der Waals surface area contributed by atoms with Crippen LogP contribution in [0.5, 0.6) is 0 Å². The van der Waals surface area contributed by atoms with Gasteiger partial charge in [-0.3, -0.25) is 9.10 Å². The Balaban J connectivity index is 1.92. The van der Waals surface area contributed by atoms with Gasteiger partial charge >= 0.3 is 0 Å². The monoisotopic (exact) mass is 447 g/mol. The molecule has 168 valence electrons. The minimum absolute atomic E-state index is 0.100. The summed E-state index contributed by atoms with van der Waals surface area (Å²) in [6.45, 7) is 3.23. The van der Waals surface area contributed by atoms with E-state index in [1.54, 1.807) is 13.0 Å². The first-order valence-electron chi connectivity index (χ1n) is 10.6. The van der Waals surface area contributed by atoms with Gasteiger partial charge in [0.15, 0.2) is 5.78 Å². The van der Waals surface area contributed by atoms with E-state index in [1.165, 1.54) is 16.4 Å². The number of sulfonamides is 1. The van der Waals surface area contributed by atoms with Gasteiger partial charge in [-0.25, -0.2) is 12.8 Å². The van der Waals surface area contributed by atoms with Crippen LogP contribution in [0.1, 0.15) is 47.2 Å². The molecule has 0 radical (unpaired) electrons. The summed E-state index contributed by atoms with van der Waals surface area (Å²) in [5.41, 5.74) is 7.36. The first-order chi connectivity index (χ1) is 14.7. The second-order valence-electron chi connectivity index (χ2n) is 8.01. The molecule has 0 amide bonds. The summed E-state index contributed by atoms with van der Waals surface area (Å²) in [5, 5.41) is 0. The van der Waals surface area contributed by atoms with E-state index in [2.05, 4.69) is 11.9 Å². The van der Waals surface area contributed by atoms with E-state index in [4.69, 9.17) is 5.73 Å². The van der Waals surface area contributed by atoms with E-state index in [-0.39, 0.29) is 35.8 Å². The van der Waals surface area contributed by atoms with Crippen LogP contribution < -0.4 is 10.0 Å². The zero-order chi connectivity index (χ0) is 22.6. The molecule has 1 aliphatic rings. The highest BCUT2D eigenvalue weighted by atomic mass is 32.2. The number of piperidine rings is 1. The fourth-order valence-electron chi connectivity index (χ4n) is 3.90. The molecule has 1 aliphatic heterocycles. The lowest BCUT2D eigenvalue weighted by Gasteiger charge is -2.30. The number of halogens is 1. The Bertz CT molecular complexity index is 1030. The number of rotatable bonds is 8. The van der Waals surface area contributed by atoms with Gasteiger partial charge in [-0.1, -0.05) is 24.3 Å². The van der Waals surface area contributed by atoms with Crippen LogP contribution in [0.4, 0.5) is 10.1 Å². The zero-order valence-electron chi connectivity index (χ0n) is 18.1. The largest absolute Gasteiger partial charge is 0.324 e. The first-order valence-corrected chi connectivity index (χ1v) is 12.2. The maximum Gasteiger partial charge on any atom is 0.235 e. The normalized spacial score (nSPS) is 15.7. The van der Waals surface area contributed by atoms with Crippen molar-refractivity contribution in [2.45, 2.75) is 32.2 Å². The molecule has 2 N–H and O–H groups in total. The fourth-order valence-corrected chi connectivity index (χ4v) is 4.99. The van der Waals surface area contributed by atoms with Crippen LogP contribution >= 0.6 is 0 Å².